The van der Waals surface area contributed by atoms with E-state index in [4.69, 9.17) is 0 Å². The molecule has 2 rings (SSSR count). The van der Waals surface area contributed by atoms with Crippen LogP contribution in [0.1, 0.15) is 15.9 Å². The standard InChI is InChI=1S/C17H16F3N3O2/c1-23(14-5-3-2-4-6-14)22-15(24)11-21-16(25)12-7-9-13(10-8-12)17(18,19)20/h2-10H,11H2,1H3,(H,21,25)(H,22,24). The van der Waals surface area contributed by atoms with E-state index in [1.54, 1.807) is 19.2 Å². The van der Waals surface area contributed by atoms with Crippen LogP contribution in [0.25, 0.3) is 0 Å². The van der Waals surface area contributed by atoms with Gasteiger partial charge in [-0.1, -0.05) is 18.2 Å². The summed E-state index contributed by atoms with van der Waals surface area (Å²) in [6.45, 7) is -0.309. The molecule has 0 saturated carbocycles. The van der Waals surface area contributed by atoms with E-state index in [0.717, 1.165) is 30.0 Å². The third-order valence-corrected chi connectivity index (χ3v) is 3.32. The number of hydrogen-bond acceptors (Lipinski definition) is 3. The predicted molar refractivity (Wildman–Crippen MR) is 86.8 cm³/mol. The van der Waals surface area contributed by atoms with E-state index in [2.05, 4.69) is 10.7 Å². The van der Waals surface area contributed by atoms with Crippen molar-refractivity contribution in [1.29, 1.82) is 0 Å². The number of hydrazine groups is 1. The molecule has 132 valence electrons. The minimum absolute atomic E-state index is 0.0391. The summed E-state index contributed by atoms with van der Waals surface area (Å²) < 4.78 is 37.4. The summed E-state index contributed by atoms with van der Waals surface area (Å²) >= 11 is 0. The van der Waals surface area contributed by atoms with Gasteiger partial charge in [-0.15, -0.1) is 0 Å². The fourth-order valence-electron chi connectivity index (χ4n) is 2.02. The summed E-state index contributed by atoms with van der Waals surface area (Å²) in [5.41, 5.74) is 2.52. The van der Waals surface area contributed by atoms with E-state index in [1.165, 1.54) is 5.01 Å². The van der Waals surface area contributed by atoms with Gasteiger partial charge >= 0.3 is 6.18 Å². The van der Waals surface area contributed by atoms with E-state index in [0.29, 0.717) is 0 Å². The van der Waals surface area contributed by atoms with E-state index in [9.17, 15) is 22.8 Å². The van der Waals surface area contributed by atoms with Crippen LogP contribution in [0.4, 0.5) is 18.9 Å². The fourth-order valence-corrected chi connectivity index (χ4v) is 2.02. The van der Waals surface area contributed by atoms with Crippen LogP contribution in [-0.2, 0) is 11.0 Å². The molecule has 2 aromatic rings. The molecule has 8 heteroatoms. The Labute approximate surface area is 142 Å². The molecular weight excluding hydrogens is 335 g/mol. The maximum atomic E-state index is 12.5. The van der Waals surface area contributed by atoms with Crippen molar-refractivity contribution >= 4 is 17.5 Å². The maximum absolute atomic E-state index is 12.5. The Bertz CT molecular complexity index is 731. The van der Waals surface area contributed by atoms with Crippen LogP contribution in [0.3, 0.4) is 0 Å². The molecule has 2 amide bonds. The second-order valence-corrected chi connectivity index (χ2v) is 5.19. The molecule has 0 saturated heterocycles. The highest BCUT2D eigenvalue weighted by molar-refractivity contribution is 5.96. The Morgan fingerprint density at radius 1 is 1.00 bits per heavy atom. The molecular formula is C17H16F3N3O2. The van der Waals surface area contributed by atoms with Gasteiger partial charge in [0.05, 0.1) is 17.8 Å². The number of amides is 2. The summed E-state index contributed by atoms with van der Waals surface area (Å²) in [6, 6.07) is 12.8. The average molecular weight is 351 g/mol. The molecule has 0 unspecified atom stereocenters. The van der Waals surface area contributed by atoms with E-state index in [-0.39, 0.29) is 12.1 Å². The van der Waals surface area contributed by atoms with Gasteiger partial charge in [0.1, 0.15) is 0 Å². The summed E-state index contributed by atoms with van der Waals surface area (Å²) in [6.07, 6.45) is -4.46. The number of para-hydroxylation sites is 1. The van der Waals surface area contributed by atoms with Crippen LogP contribution in [-0.4, -0.2) is 25.4 Å². The number of rotatable bonds is 5. The van der Waals surface area contributed by atoms with Gasteiger partial charge in [0.25, 0.3) is 11.8 Å². The molecule has 2 aromatic carbocycles. The van der Waals surface area contributed by atoms with E-state index >= 15 is 0 Å². The third-order valence-electron chi connectivity index (χ3n) is 3.32. The summed E-state index contributed by atoms with van der Waals surface area (Å²) in [5, 5.41) is 3.85. The Kier molecular flexibility index (Phi) is 5.63. The van der Waals surface area contributed by atoms with Gasteiger partial charge in [-0.2, -0.15) is 13.2 Å². The molecule has 0 bridgehead atoms. The van der Waals surface area contributed by atoms with Crippen LogP contribution in [0, 0.1) is 0 Å². The molecule has 0 aliphatic rings. The smallest absolute Gasteiger partial charge is 0.343 e. The third kappa shape index (κ3) is 5.23. The maximum Gasteiger partial charge on any atom is 0.416 e. The van der Waals surface area contributed by atoms with Crippen LogP contribution in [0.15, 0.2) is 54.6 Å². The van der Waals surface area contributed by atoms with Crippen molar-refractivity contribution in [3.05, 3.63) is 65.7 Å². The molecule has 0 heterocycles. The normalized spacial score (nSPS) is 10.9. The molecule has 0 fully saturated rings. The quantitative estimate of drug-likeness (QED) is 0.814. The Balaban J connectivity index is 1.86. The second kappa shape index (κ2) is 7.69. The van der Waals surface area contributed by atoms with Crippen LogP contribution >= 0.6 is 0 Å². The highest BCUT2D eigenvalue weighted by atomic mass is 19.4. The van der Waals surface area contributed by atoms with Gasteiger partial charge in [0.2, 0.25) is 0 Å². The number of nitrogens with one attached hydrogen (secondary N) is 2. The van der Waals surface area contributed by atoms with Crippen molar-refractivity contribution in [2.75, 3.05) is 18.6 Å². The average Bonchev–Trinajstić information content (AvgIpc) is 2.59. The van der Waals surface area contributed by atoms with Gasteiger partial charge in [0.15, 0.2) is 0 Å². The topological polar surface area (TPSA) is 61.4 Å². The van der Waals surface area contributed by atoms with Crippen molar-refractivity contribution < 1.29 is 22.8 Å². The number of halogens is 3. The van der Waals surface area contributed by atoms with Crippen LogP contribution < -0.4 is 15.8 Å². The summed E-state index contributed by atoms with van der Waals surface area (Å²) in [7, 11) is 1.64. The first-order valence-electron chi connectivity index (χ1n) is 7.31. The monoisotopic (exact) mass is 351 g/mol. The molecule has 5 nitrogen and oxygen atoms in total. The second-order valence-electron chi connectivity index (χ2n) is 5.19. The van der Waals surface area contributed by atoms with Gasteiger partial charge in [-0.25, -0.2) is 0 Å². The van der Waals surface area contributed by atoms with Crippen molar-refractivity contribution in [3.8, 4) is 0 Å². The largest absolute Gasteiger partial charge is 0.416 e. The first-order chi connectivity index (χ1) is 11.8. The van der Waals surface area contributed by atoms with E-state index in [1.807, 2.05) is 18.2 Å². The molecule has 0 aromatic heterocycles. The lowest BCUT2D eigenvalue weighted by Gasteiger charge is -2.20. The summed E-state index contributed by atoms with van der Waals surface area (Å²) in [4.78, 5) is 23.7. The predicted octanol–water partition coefficient (Wildman–Crippen LogP) is 2.60. The minimum Gasteiger partial charge on any atom is -0.343 e. The van der Waals surface area contributed by atoms with Crippen LogP contribution in [0.5, 0.6) is 0 Å². The molecule has 0 aliphatic carbocycles. The SMILES string of the molecule is CN(NC(=O)CNC(=O)c1ccc(C(F)(F)F)cc1)c1ccccc1. The number of anilines is 1. The van der Waals surface area contributed by atoms with E-state index < -0.39 is 23.6 Å². The number of nitrogens with zero attached hydrogens (tertiary/aromatic N) is 1. The van der Waals surface area contributed by atoms with Gasteiger partial charge in [0, 0.05) is 12.6 Å². The number of alkyl halides is 3. The van der Waals surface area contributed by atoms with Crippen molar-refractivity contribution in [2.24, 2.45) is 0 Å². The number of carbonyl (C=O) groups excluding carboxylic acids is 2. The minimum atomic E-state index is -4.46. The van der Waals surface area contributed by atoms with Crippen molar-refractivity contribution in [1.82, 2.24) is 10.7 Å². The zero-order valence-corrected chi connectivity index (χ0v) is 13.3. The van der Waals surface area contributed by atoms with Gasteiger partial charge in [-0.05, 0) is 36.4 Å². The first kappa shape index (κ1) is 18.3. The number of hydrogen-bond donors (Lipinski definition) is 2. The fraction of sp³-hybridized carbons (Fsp3) is 0.176. The Morgan fingerprint density at radius 3 is 2.16 bits per heavy atom. The lowest BCUT2D eigenvalue weighted by atomic mass is 10.1. The Hall–Kier alpha value is -3.03. The highest BCUT2D eigenvalue weighted by Crippen LogP contribution is 2.29. The summed E-state index contributed by atoms with van der Waals surface area (Å²) in [5.74, 6) is -1.10. The number of carbonyl (C=O) groups is 2. The first-order valence-corrected chi connectivity index (χ1v) is 7.31. The Morgan fingerprint density at radius 2 is 1.60 bits per heavy atom. The van der Waals surface area contributed by atoms with Crippen molar-refractivity contribution in [3.63, 3.8) is 0 Å². The zero-order valence-electron chi connectivity index (χ0n) is 13.3. The molecule has 0 radical (unpaired) electrons. The number of benzene rings is 2. The molecule has 25 heavy (non-hydrogen) atoms. The highest BCUT2D eigenvalue weighted by Gasteiger charge is 2.30. The molecule has 2 N–H and O–H groups in total. The molecule has 0 spiro atoms. The molecule has 0 atom stereocenters. The molecule has 0 aliphatic heterocycles. The van der Waals surface area contributed by atoms with Gasteiger partial charge < -0.3 is 5.32 Å². The lowest BCUT2D eigenvalue weighted by Crippen LogP contribution is -2.45. The van der Waals surface area contributed by atoms with Crippen molar-refractivity contribution in [2.45, 2.75) is 6.18 Å². The van der Waals surface area contributed by atoms with Crippen LogP contribution in [0.2, 0.25) is 0 Å². The lowest BCUT2D eigenvalue weighted by molar-refractivity contribution is -0.137. The van der Waals surface area contributed by atoms with Gasteiger partial charge in [-0.3, -0.25) is 20.0 Å². The zero-order chi connectivity index (χ0) is 18.4.